The van der Waals surface area contributed by atoms with Gasteiger partial charge >= 0.3 is 21.1 Å². The van der Waals surface area contributed by atoms with E-state index in [0.29, 0.717) is 22.9 Å². The summed E-state index contributed by atoms with van der Waals surface area (Å²) in [6.45, 7) is 11.9. The number of rotatable bonds is 12. The maximum Gasteiger partial charge on any atom is 4.00 e. The molecule has 0 fully saturated rings. The molecule has 2 aromatic carbocycles. The van der Waals surface area contributed by atoms with Gasteiger partial charge in [-0.25, -0.2) is 35.1 Å². The van der Waals surface area contributed by atoms with Crippen LogP contribution in [0.5, 0.6) is 11.5 Å². The quantitative estimate of drug-likeness (QED) is 0.0653. The molecule has 0 atom stereocenters. The van der Waals surface area contributed by atoms with Crippen LogP contribution >= 0.6 is 0 Å². The van der Waals surface area contributed by atoms with Gasteiger partial charge in [-0.1, -0.05) is 94.4 Å². The molecule has 14 rings (SSSR count). The molecule has 0 amide bonds. The van der Waals surface area contributed by atoms with E-state index in [-0.39, 0.29) is 106 Å². The topological polar surface area (TPSA) is 125 Å². The van der Waals surface area contributed by atoms with Crippen LogP contribution in [0, 0.1) is 136 Å². The summed E-state index contributed by atoms with van der Waals surface area (Å²) in [5.41, 5.74) is 4.10. The van der Waals surface area contributed by atoms with Gasteiger partial charge in [0.25, 0.3) is 0 Å². The van der Waals surface area contributed by atoms with E-state index >= 15 is 0 Å². The maximum atomic E-state index is 13.6. The summed E-state index contributed by atoms with van der Waals surface area (Å²) >= 11 is 0. The summed E-state index contributed by atoms with van der Waals surface area (Å²) in [6.07, 6.45) is 23.9. The first kappa shape index (κ1) is 70.9. The van der Waals surface area contributed by atoms with Crippen LogP contribution in [0.2, 0.25) is 0 Å². The Morgan fingerprint density at radius 3 is 0.740 bits per heavy atom. The number of benzene rings is 2. The number of ether oxygens (including phenoxy) is 1. The van der Waals surface area contributed by atoms with Gasteiger partial charge in [0.2, 0.25) is 0 Å². The fourth-order valence-electron chi connectivity index (χ4n) is 9.40. The van der Waals surface area contributed by atoms with Crippen molar-refractivity contribution in [3.05, 3.63) is 271 Å². The first-order valence-corrected chi connectivity index (χ1v) is 27.6. The van der Waals surface area contributed by atoms with Crippen molar-refractivity contribution in [3.8, 4) is 56.5 Å². The molecule has 19 nitrogen and oxygen atoms in total. The van der Waals surface area contributed by atoms with E-state index in [1.54, 1.807) is 0 Å². The molecule has 6 aromatic heterocycles. The van der Waals surface area contributed by atoms with E-state index in [0.717, 1.165) is 47.0 Å². The first-order valence-electron chi connectivity index (χ1n) is 27.6. The Balaban J connectivity index is 0.000000191. The second kappa shape index (κ2) is 30.6. The monoisotopic (exact) mass is 1840 g/mol. The molecule has 500 valence electrons. The molecule has 0 unspecified atom stereocenters. The minimum atomic E-state index is -1.09. The van der Waals surface area contributed by atoms with Crippen LogP contribution in [0.4, 0.5) is 69.2 Å². The van der Waals surface area contributed by atoms with Crippen molar-refractivity contribution in [1.82, 2.24) is 59.3 Å². The van der Waals surface area contributed by atoms with Gasteiger partial charge in [0.1, 0.15) is 47.6 Å². The van der Waals surface area contributed by atoms with E-state index in [2.05, 4.69) is 78.4 Å². The van der Waals surface area contributed by atoms with Gasteiger partial charge in [-0.3, -0.25) is 44.2 Å². The minimum absolute atomic E-state index is 0. The molecule has 2 radical (unpaired) electrons. The molecule has 30 heteroatoms. The van der Waals surface area contributed by atoms with E-state index in [1.165, 1.54) is 36.4 Å². The van der Waals surface area contributed by atoms with Gasteiger partial charge in [0.15, 0.2) is 0 Å². The zero-order valence-electron chi connectivity index (χ0n) is 50.6. The fourth-order valence-corrected chi connectivity index (χ4v) is 9.40. The van der Waals surface area contributed by atoms with Crippen molar-refractivity contribution in [2.45, 2.75) is 0 Å². The molecule has 0 saturated heterocycles. The van der Waals surface area contributed by atoms with Gasteiger partial charge in [0.05, 0.1) is 0 Å². The predicted molar refractivity (Wildman–Crippen MR) is 327 cm³/mol. The summed E-state index contributed by atoms with van der Waals surface area (Å²) in [7, 11) is 11.9. The van der Waals surface area contributed by atoms with Crippen molar-refractivity contribution < 1.29 is 101 Å². The number of aromatic nitrogens is 6. The molecule has 96 heavy (non-hydrogen) atoms. The Hall–Kier alpha value is -9.39. The number of pyridine rings is 6. The third-order valence-corrected chi connectivity index (χ3v) is 13.7. The smallest absolute Gasteiger partial charge is 0.620 e. The zero-order chi connectivity index (χ0) is 65.2. The molecule has 0 bridgehead atoms. The molecule has 0 spiro atoms. The second-order valence-corrected chi connectivity index (χ2v) is 20.6. The summed E-state index contributed by atoms with van der Waals surface area (Å²) < 4.78 is 113. The molecule has 12 heterocycles. The Kier molecular flexibility index (Phi) is 22.6. The van der Waals surface area contributed by atoms with Gasteiger partial charge in [-0.2, -0.15) is 74.1 Å². The number of nitrogens with zero attached hydrogens (tertiary/aromatic N) is 18. The molecule has 0 N–H and O–H groups in total. The molecular weight excluding hydrogens is 1790 g/mol. The summed E-state index contributed by atoms with van der Waals surface area (Å²) in [4.78, 5) is 44.2. The standard InChI is InChI=1S/C36H36N12O.2C15H5F4N3.2Ir.Pt/c1-37-7-13-43(23-37)29-19-33(47-17-11-41(5)27-47)35(21-31(29)45-15-9-39(3)25-45)49-36-22-32(46-16-10-40(4)26-46)30(44-14-8-38(2)24-44)20-34(36)48-18-12-42(6)28-48;2*16-12-6-4-8(14(18)21-12)10-2-1-3-11(20-10)9-5-7-13(17)22-15(9)19;;;/h7-18,23-28H,1-6H3;2*1-3,6-7H;;;/q-10;2*-2;;;+4. The third-order valence-electron chi connectivity index (χ3n) is 13.7. The molecule has 6 aliphatic rings. The fraction of sp³-hybridized carbons (Fsp3) is 0.0909. The van der Waals surface area contributed by atoms with Crippen LogP contribution in [0.1, 0.15) is 0 Å². The van der Waals surface area contributed by atoms with Crippen LogP contribution < -0.4 is 34.1 Å². The molecule has 0 saturated carbocycles. The van der Waals surface area contributed by atoms with Crippen LogP contribution in [-0.2, 0) is 61.3 Å². The Bertz CT molecular complexity index is 3940. The predicted octanol–water partition coefficient (Wildman–Crippen LogP) is 11.5. The molecular formula is C66H46F8Ir2N18OPt-10. The number of hydrogen-bond acceptors (Lipinski definition) is 19. The van der Waals surface area contributed by atoms with Gasteiger partial charge in [-0.05, 0) is 139 Å². The maximum absolute atomic E-state index is 13.6. The summed E-state index contributed by atoms with van der Waals surface area (Å²) in [6, 6.07) is 36.2. The van der Waals surface area contributed by atoms with Crippen LogP contribution in [0.25, 0.3) is 45.0 Å². The minimum Gasteiger partial charge on any atom is -0.620 e. The average molecular weight is 1840 g/mol. The number of hydrogen-bond donors (Lipinski definition) is 0. The van der Waals surface area contributed by atoms with Crippen molar-refractivity contribution in [2.75, 3.05) is 71.7 Å². The van der Waals surface area contributed by atoms with Crippen molar-refractivity contribution in [1.29, 1.82) is 0 Å². The molecule has 0 aliphatic carbocycles. The van der Waals surface area contributed by atoms with E-state index in [9.17, 15) is 35.1 Å². The third kappa shape index (κ3) is 15.9. The Labute approximate surface area is 590 Å². The van der Waals surface area contributed by atoms with Gasteiger partial charge < -0.3 is 73.5 Å². The first-order chi connectivity index (χ1) is 44.8. The Morgan fingerprint density at radius 1 is 0.312 bits per heavy atom. The van der Waals surface area contributed by atoms with Gasteiger partial charge in [0, 0.05) is 40.2 Å². The van der Waals surface area contributed by atoms with Crippen molar-refractivity contribution in [3.63, 3.8) is 0 Å². The summed E-state index contributed by atoms with van der Waals surface area (Å²) in [5.74, 6) is -7.49. The zero-order valence-corrected chi connectivity index (χ0v) is 57.7. The van der Waals surface area contributed by atoms with Crippen LogP contribution in [0.3, 0.4) is 0 Å². The molecule has 8 aromatic rings. The Morgan fingerprint density at radius 2 is 0.531 bits per heavy atom. The largest absolute Gasteiger partial charge is 4.00 e. The normalized spacial score (nSPS) is 15.0. The average Bonchev–Trinajstić information content (AvgIpc) is 1.43. The van der Waals surface area contributed by atoms with E-state index in [1.807, 2.05) is 215 Å². The van der Waals surface area contributed by atoms with E-state index in [4.69, 9.17) is 4.74 Å². The number of halogens is 8. The van der Waals surface area contributed by atoms with E-state index < -0.39 is 47.6 Å². The van der Waals surface area contributed by atoms with Crippen LogP contribution in [0.15, 0.2) is 135 Å². The van der Waals surface area contributed by atoms with Crippen LogP contribution in [-0.4, -0.2) is 102 Å². The van der Waals surface area contributed by atoms with Crippen molar-refractivity contribution in [2.24, 2.45) is 0 Å². The SMILES string of the molecule is CN1C=CN(c2[c-]c(N3C=CN(C)[CH-]3)c(N3C=CN(C)[CH-]3)[c-]c2Oc2[c-]c(N3C=CN(C)[CH-]3)c(N3C=CN(C)[CH-]3)[c-]c2N2C=CN(C)[CH-]2)[CH-]1.Fc1c[c-]c(-c2cccc(-c3[c-]cc(F)nc3F)n2)c(F)n1.Fc1c[c-]c(-c2cccc(-c3[c-]cc(F)nc3F)n2)c(F)n1.[Ir].[Ir].[Pt+4]. The van der Waals surface area contributed by atoms with Gasteiger partial charge in [-0.15, -0.1) is 24.3 Å². The molecule has 6 aliphatic heterocycles. The van der Waals surface area contributed by atoms with Crippen molar-refractivity contribution >= 4 is 34.1 Å². The number of anilines is 6. The second-order valence-electron chi connectivity index (χ2n) is 20.6. The summed E-state index contributed by atoms with van der Waals surface area (Å²) in [5, 5.41) is 0.